The van der Waals surface area contributed by atoms with Crippen molar-refractivity contribution in [3.05, 3.63) is 53.7 Å². The first-order valence-electron chi connectivity index (χ1n) is 10.4. The number of rotatable bonds is 8. The Hall–Kier alpha value is -2.97. The smallest absolute Gasteiger partial charge is 0.422 e. The van der Waals surface area contributed by atoms with E-state index in [9.17, 15) is 13.2 Å². The summed E-state index contributed by atoms with van der Waals surface area (Å²) in [6, 6.07) is 10.6. The molecule has 2 aromatic rings. The summed E-state index contributed by atoms with van der Waals surface area (Å²) in [4.78, 5) is 11.4. The predicted octanol–water partition coefficient (Wildman–Crippen LogP) is 3.88. The van der Waals surface area contributed by atoms with Crippen molar-refractivity contribution in [2.75, 3.05) is 31.1 Å². The molecule has 9 heteroatoms. The lowest BCUT2D eigenvalue weighted by atomic mass is 10.2. The Morgan fingerprint density at radius 1 is 1.06 bits per heavy atom. The number of ether oxygens (including phenoxy) is 1. The molecule has 0 radical (unpaired) electrons. The van der Waals surface area contributed by atoms with Crippen molar-refractivity contribution in [2.45, 2.75) is 39.0 Å². The Bertz CT molecular complexity index is 832. The summed E-state index contributed by atoms with van der Waals surface area (Å²) in [5, 5.41) is 6.42. The third-order valence-corrected chi connectivity index (χ3v) is 4.79. The summed E-state index contributed by atoms with van der Waals surface area (Å²) in [6.45, 7) is 4.50. The topological polar surface area (TPSA) is 61.8 Å². The molecule has 31 heavy (non-hydrogen) atoms. The quantitative estimate of drug-likeness (QED) is 0.487. The average Bonchev–Trinajstić information content (AvgIpc) is 3.30. The van der Waals surface area contributed by atoms with Crippen LogP contribution in [-0.4, -0.2) is 43.4 Å². The van der Waals surface area contributed by atoms with Gasteiger partial charge in [-0.3, -0.25) is 0 Å². The van der Waals surface area contributed by atoms with Crippen molar-refractivity contribution in [1.29, 1.82) is 0 Å². The van der Waals surface area contributed by atoms with E-state index in [2.05, 4.69) is 25.5 Å². The van der Waals surface area contributed by atoms with E-state index in [1.54, 1.807) is 12.1 Å². The number of guanidine groups is 1. The van der Waals surface area contributed by atoms with Gasteiger partial charge in [-0.2, -0.15) is 13.2 Å². The molecule has 2 N–H and O–H groups in total. The molecule has 6 nitrogen and oxygen atoms in total. The zero-order valence-electron chi connectivity index (χ0n) is 17.6. The first-order chi connectivity index (χ1) is 14.9. The highest BCUT2D eigenvalue weighted by atomic mass is 19.4. The van der Waals surface area contributed by atoms with Gasteiger partial charge in [0.05, 0.1) is 6.54 Å². The number of alkyl halides is 3. The van der Waals surface area contributed by atoms with E-state index in [0.717, 1.165) is 30.0 Å². The molecule has 168 valence electrons. The largest absolute Gasteiger partial charge is 0.484 e. The van der Waals surface area contributed by atoms with E-state index in [-0.39, 0.29) is 5.75 Å². The van der Waals surface area contributed by atoms with Gasteiger partial charge in [-0.1, -0.05) is 18.2 Å². The van der Waals surface area contributed by atoms with Gasteiger partial charge in [0.25, 0.3) is 0 Å². The van der Waals surface area contributed by atoms with Gasteiger partial charge in [-0.15, -0.1) is 0 Å². The molecule has 1 aromatic heterocycles. The number of aromatic nitrogens is 1. The van der Waals surface area contributed by atoms with Crippen LogP contribution in [0.3, 0.4) is 0 Å². The highest BCUT2D eigenvalue weighted by Crippen LogP contribution is 2.19. The minimum absolute atomic E-state index is 0.187. The first-order valence-corrected chi connectivity index (χ1v) is 10.4. The molecule has 0 saturated carbocycles. The normalized spacial score (nSPS) is 14.6. The summed E-state index contributed by atoms with van der Waals surface area (Å²) in [5.41, 5.74) is 1.92. The molecule has 3 rings (SSSR count). The minimum atomic E-state index is -4.35. The van der Waals surface area contributed by atoms with Gasteiger partial charge in [0.1, 0.15) is 11.6 Å². The van der Waals surface area contributed by atoms with Crippen LogP contribution in [-0.2, 0) is 13.1 Å². The zero-order valence-corrected chi connectivity index (χ0v) is 17.6. The standard InChI is InChI=1S/C22H28F3N5O/c1-2-26-21(28-13-17-5-8-19(9-6-17)31-16-22(23,24)25)29-15-18-7-10-20(27-14-18)30-11-3-4-12-30/h5-10,14H,2-4,11-13,15-16H2,1H3,(H2,26,28,29). The summed E-state index contributed by atoms with van der Waals surface area (Å²) in [6.07, 6.45) is -0.0503. The van der Waals surface area contributed by atoms with Gasteiger partial charge in [-0.25, -0.2) is 9.98 Å². The monoisotopic (exact) mass is 435 g/mol. The van der Waals surface area contributed by atoms with E-state index < -0.39 is 12.8 Å². The fourth-order valence-corrected chi connectivity index (χ4v) is 3.21. The van der Waals surface area contributed by atoms with Crippen molar-refractivity contribution in [3.8, 4) is 5.75 Å². The molecule has 1 saturated heterocycles. The molecule has 0 spiro atoms. The zero-order chi connectivity index (χ0) is 22.1. The van der Waals surface area contributed by atoms with Crippen molar-refractivity contribution in [2.24, 2.45) is 4.99 Å². The Balaban J connectivity index is 1.51. The number of hydrogen-bond donors (Lipinski definition) is 2. The van der Waals surface area contributed by atoms with E-state index in [1.165, 1.54) is 25.0 Å². The van der Waals surface area contributed by atoms with Crippen molar-refractivity contribution < 1.29 is 17.9 Å². The molecule has 1 aromatic carbocycles. The number of benzene rings is 1. The van der Waals surface area contributed by atoms with Crippen molar-refractivity contribution in [1.82, 2.24) is 15.6 Å². The number of halogens is 3. The second kappa shape index (κ2) is 10.9. The molecule has 1 fully saturated rings. The lowest BCUT2D eigenvalue weighted by Gasteiger charge is -2.16. The van der Waals surface area contributed by atoms with E-state index in [0.29, 0.717) is 25.6 Å². The number of aliphatic imine (C=N–C) groups is 1. The van der Waals surface area contributed by atoms with Crippen LogP contribution in [0.5, 0.6) is 5.75 Å². The van der Waals surface area contributed by atoms with Crippen molar-refractivity contribution in [3.63, 3.8) is 0 Å². The van der Waals surface area contributed by atoms with Crippen LogP contribution in [0.4, 0.5) is 19.0 Å². The Morgan fingerprint density at radius 2 is 1.77 bits per heavy atom. The van der Waals surface area contributed by atoms with Crippen LogP contribution < -0.4 is 20.3 Å². The highest BCUT2D eigenvalue weighted by molar-refractivity contribution is 5.79. The molecule has 0 atom stereocenters. The SMILES string of the molecule is CCNC(=NCc1ccc(N2CCCC2)nc1)NCc1ccc(OCC(F)(F)F)cc1. The molecular formula is C22H28F3N5O. The van der Waals surface area contributed by atoms with Crippen LogP contribution in [0, 0.1) is 0 Å². The second-order valence-electron chi connectivity index (χ2n) is 7.32. The molecular weight excluding hydrogens is 407 g/mol. The Labute approximate surface area is 180 Å². The Kier molecular flexibility index (Phi) is 7.97. The van der Waals surface area contributed by atoms with Crippen LogP contribution in [0.25, 0.3) is 0 Å². The summed E-state index contributed by atoms with van der Waals surface area (Å²) in [7, 11) is 0. The van der Waals surface area contributed by atoms with Crippen LogP contribution in [0.2, 0.25) is 0 Å². The predicted molar refractivity (Wildman–Crippen MR) is 115 cm³/mol. The highest BCUT2D eigenvalue weighted by Gasteiger charge is 2.28. The maximum Gasteiger partial charge on any atom is 0.422 e. The van der Waals surface area contributed by atoms with Crippen LogP contribution in [0.1, 0.15) is 30.9 Å². The van der Waals surface area contributed by atoms with E-state index in [1.807, 2.05) is 25.3 Å². The number of nitrogens with zero attached hydrogens (tertiary/aromatic N) is 3. The van der Waals surface area contributed by atoms with Crippen LogP contribution >= 0.6 is 0 Å². The van der Waals surface area contributed by atoms with Gasteiger partial charge in [-0.05, 0) is 49.1 Å². The Morgan fingerprint density at radius 3 is 2.39 bits per heavy atom. The van der Waals surface area contributed by atoms with Gasteiger partial charge in [0.2, 0.25) is 0 Å². The van der Waals surface area contributed by atoms with Gasteiger partial charge in [0, 0.05) is 32.4 Å². The fourth-order valence-electron chi connectivity index (χ4n) is 3.21. The maximum atomic E-state index is 12.2. The number of pyridine rings is 1. The average molecular weight is 435 g/mol. The molecule has 0 aliphatic carbocycles. The maximum absolute atomic E-state index is 12.2. The van der Waals surface area contributed by atoms with Crippen molar-refractivity contribution >= 4 is 11.8 Å². The third-order valence-electron chi connectivity index (χ3n) is 4.79. The lowest BCUT2D eigenvalue weighted by Crippen LogP contribution is -2.36. The second-order valence-corrected chi connectivity index (χ2v) is 7.32. The fraction of sp³-hybridized carbons (Fsp3) is 0.455. The number of anilines is 1. The van der Waals surface area contributed by atoms with Gasteiger partial charge < -0.3 is 20.3 Å². The minimum Gasteiger partial charge on any atom is -0.484 e. The molecule has 2 heterocycles. The summed E-state index contributed by atoms with van der Waals surface area (Å²) in [5.74, 6) is 1.85. The molecule has 1 aliphatic rings. The van der Waals surface area contributed by atoms with Gasteiger partial charge >= 0.3 is 6.18 Å². The summed E-state index contributed by atoms with van der Waals surface area (Å²) >= 11 is 0. The molecule has 1 aliphatic heterocycles. The lowest BCUT2D eigenvalue weighted by molar-refractivity contribution is -0.153. The molecule has 0 amide bonds. The molecule has 0 bridgehead atoms. The third kappa shape index (κ3) is 7.66. The number of nitrogens with one attached hydrogen (secondary N) is 2. The first kappa shape index (κ1) is 22.7. The van der Waals surface area contributed by atoms with E-state index >= 15 is 0 Å². The van der Waals surface area contributed by atoms with Gasteiger partial charge in [0.15, 0.2) is 12.6 Å². The molecule has 0 unspecified atom stereocenters. The summed E-state index contributed by atoms with van der Waals surface area (Å²) < 4.78 is 41.4. The van der Waals surface area contributed by atoms with Crippen LogP contribution in [0.15, 0.2) is 47.6 Å². The number of hydrogen-bond acceptors (Lipinski definition) is 4. The van der Waals surface area contributed by atoms with E-state index in [4.69, 9.17) is 4.74 Å².